The van der Waals surface area contributed by atoms with Crippen molar-refractivity contribution < 1.29 is 14.3 Å². The summed E-state index contributed by atoms with van der Waals surface area (Å²) in [5, 5.41) is 3.24. The van der Waals surface area contributed by atoms with Gasteiger partial charge in [-0.25, -0.2) is 0 Å². The topological polar surface area (TPSA) is 47.6 Å². The van der Waals surface area contributed by atoms with Crippen LogP contribution in [0, 0.1) is 6.92 Å². The SMILES string of the molecule is CCOc1ccc(NC(=O)COc2cc(C)ccc2Cl)cc1. The monoisotopic (exact) mass is 319 g/mol. The van der Waals surface area contributed by atoms with E-state index in [1.165, 1.54) is 0 Å². The molecule has 0 atom stereocenters. The number of halogens is 1. The Morgan fingerprint density at radius 1 is 1.14 bits per heavy atom. The van der Waals surface area contributed by atoms with Crippen LogP contribution in [0.4, 0.5) is 5.69 Å². The highest BCUT2D eigenvalue weighted by Gasteiger charge is 2.07. The molecule has 1 amide bonds. The fourth-order valence-electron chi connectivity index (χ4n) is 1.86. The second-order valence-corrected chi connectivity index (χ2v) is 5.14. The third kappa shape index (κ3) is 4.67. The normalized spacial score (nSPS) is 10.1. The Bertz CT molecular complexity index is 641. The summed E-state index contributed by atoms with van der Waals surface area (Å²) in [6.45, 7) is 4.36. The second-order valence-electron chi connectivity index (χ2n) is 4.73. The third-order valence-electron chi connectivity index (χ3n) is 2.89. The Morgan fingerprint density at radius 2 is 1.86 bits per heavy atom. The number of hydrogen-bond acceptors (Lipinski definition) is 3. The van der Waals surface area contributed by atoms with Gasteiger partial charge in [0, 0.05) is 5.69 Å². The van der Waals surface area contributed by atoms with E-state index >= 15 is 0 Å². The van der Waals surface area contributed by atoms with Gasteiger partial charge in [-0.1, -0.05) is 17.7 Å². The van der Waals surface area contributed by atoms with Gasteiger partial charge < -0.3 is 14.8 Å². The molecule has 0 aromatic heterocycles. The van der Waals surface area contributed by atoms with E-state index in [1.807, 2.05) is 19.9 Å². The van der Waals surface area contributed by atoms with Crippen LogP contribution in [-0.4, -0.2) is 19.1 Å². The van der Waals surface area contributed by atoms with E-state index in [9.17, 15) is 4.79 Å². The molecule has 22 heavy (non-hydrogen) atoms. The van der Waals surface area contributed by atoms with Crippen molar-refractivity contribution in [1.82, 2.24) is 0 Å². The third-order valence-corrected chi connectivity index (χ3v) is 3.21. The Morgan fingerprint density at radius 3 is 2.55 bits per heavy atom. The number of aryl methyl sites for hydroxylation is 1. The number of rotatable bonds is 6. The van der Waals surface area contributed by atoms with Gasteiger partial charge in [0.25, 0.3) is 5.91 Å². The van der Waals surface area contributed by atoms with Crippen LogP contribution in [0.1, 0.15) is 12.5 Å². The van der Waals surface area contributed by atoms with Crippen molar-refractivity contribution in [2.45, 2.75) is 13.8 Å². The lowest BCUT2D eigenvalue weighted by Gasteiger charge is -2.10. The zero-order valence-electron chi connectivity index (χ0n) is 12.6. The predicted molar refractivity (Wildman–Crippen MR) is 87.9 cm³/mol. The number of nitrogens with one attached hydrogen (secondary N) is 1. The number of anilines is 1. The van der Waals surface area contributed by atoms with Crippen LogP contribution in [0.2, 0.25) is 5.02 Å². The van der Waals surface area contributed by atoms with Crippen molar-refractivity contribution in [3.63, 3.8) is 0 Å². The molecule has 0 bridgehead atoms. The van der Waals surface area contributed by atoms with E-state index in [0.717, 1.165) is 11.3 Å². The molecule has 1 N–H and O–H groups in total. The number of carbonyl (C=O) groups excluding carboxylic acids is 1. The maximum Gasteiger partial charge on any atom is 0.262 e. The number of carbonyl (C=O) groups is 1. The highest BCUT2D eigenvalue weighted by molar-refractivity contribution is 6.32. The molecule has 0 saturated carbocycles. The average Bonchev–Trinajstić information content (AvgIpc) is 2.50. The van der Waals surface area contributed by atoms with Gasteiger partial charge in [0.15, 0.2) is 6.61 Å². The van der Waals surface area contributed by atoms with E-state index in [4.69, 9.17) is 21.1 Å². The summed E-state index contributed by atoms with van der Waals surface area (Å²) in [6.07, 6.45) is 0. The first-order valence-electron chi connectivity index (χ1n) is 7.00. The van der Waals surface area contributed by atoms with Crippen LogP contribution in [0.5, 0.6) is 11.5 Å². The van der Waals surface area contributed by atoms with E-state index in [1.54, 1.807) is 36.4 Å². The lowest BCUT2D eigenvalue weighted by atomic mass is 10.2. The average molecular weight is 320 g/mol. The van der Waals surface area contributed by atoms with Gasteiger partial charge in [-0.05, 0) is 55.8 Å². The summed E-state index contributed by atoms with van der Waals surface area (Å²) in [4.78, 5) is 11.9. The Labute approximate surface area is 135 Å². The van der Waals surface area contributed by atoms with Gasteiger partial charge in [-0.15, -0.1) is 0 Å². The fourth-order valence-corrected chi connectivity index (χ4v) is 2.03. The maximum atomic E-state index is 11.9. The minimum Gasteiger partial charge on any atom is -0.494 e. The fraction of sp³-hybridized carbons (Fsp3) is 0.235. The molecule has 4 nitrogen and oxygen atoms in total. The van der Waals surface area contributed by atoms with Crippen LogP contribution < -0.4 is 14.8 Å². The molecule has 116 valence electrons. The van der Waals surface area contributed by atoms with Gasteiger partial charge in [-0.3, -0.25) is 4.79 Å². The molecule has 0 spiro atoms. The first-order valence-corrected chi connectivity index (χ1v) is 7.38. The lowest BCUT2D eigenvalue weighted by molar-refractivity contribution is -0.118. The van der Waals surface area contributed by atoms with Crippen LogP contribution >= 0.6 is 11.6 Å². The van der Waals surface area contributed by atoms with Gasteiger partial charge in [0.2, 0.25) is 0 Å². The number of amides is 1. The highest BCUT2D eigenvalue weighted by Crippen LogP contribution is 2.25. The molecule has 2 rings (SSSR count). The van der Waals surface area contributed by atoms with Gasteiger partial charge in [0.05, 0.1) is 11.6 Å². The molecule has 0 saturated heterocycles. The summed E-state index contributed by atoms with van der Waals surface area (Å²) in [5.74, 6) is 1.02. The number of benzene rings is 2. The summed E-state index contributed by atoms with van der Waals surface area (Å²) >= 11 is 6.02. The molecule has 0 radical (unpaired) electrons. The van der Waals surface area contributed by atoms with Crippen molar-refractivity contribution in [3.8, 4) is 11.5 Å². The van der Waals surface area contributed by atoms with Crippen LogP contribution in [0.15, 0.2) is 42.5 Å². The summed E-state index contributed by atoms with van der Waals surface area (Å²) in [6, 6.07) is 12.6. The molecular weight excluding hydrogens is 302 g/mol. The van der Waals surface area contributed by atoms with Crippen LogP contribution in [0.25, 0.3) is 0 Å². The Hall–Kier alpha value is -2.20. The Kier molecular flexibility index (Phi) is 5.67. The first kappa shape index (κ1) is 16.2. The van der Waals surface area contributed by atoms with Crippen LogP contribution in [-0.2, 0) is 4.79 Å². The van der Waals surface area contributed by atoms with Crippen molar-refractivity contribution in [1.29, 1.82) is 0 Å². The molecule has 0 aliphatic carbocycles. The molecule has 2 aromatic carbocycles. The zero-order valence-corrected chi connectivity index (χ0v) is 13.3. The van der Waals surface area contributed by atoms with E-state index < -0.39 is 0 Å². The summed E-state index contributed by atoms with van der Waals surface area (Å²) in [7, 11) is 0. The maximum absolute atomic E-state index is 11.9. The summed E-state index contributed by atoms with van der Waals surface area (Å²) in [5.41, 5.74) is 1.71. The molecule has 0 heterocycles. The summed E-state index contributed by atoms with van der Waals surface area (Å²) < 4.78 is 10.8. The van der Waals surface area contributed by atoms with Gasteiger partial charge in [-0.2, -0.15) is 0 Å². The van der Waals surface area contributed by atoms with E-state index in [2.05, 4.69) is 5.32 Å². The first-order chi connectivity index (χ1) is 10.6. The Balaban J connectivity index is 1.88. The zero-order chi connectivity index (χ0) is 15.9. The van der Waals surface area contributed by atoms with E-state index in [0.29, 0.717) is 23.1 Å². The van der Waals surface area contributed by atoms with Gasteiger partial charge in [0.1, 0.15) is 11.5 Å². The lowest BCUT2D eigenvalue weighted by Crippen LogP contribution is -2.20. The second kappa shape index (κ2) is 7.71. The van der Waals surface area contributed by atoms with Crippen molar-refractivity contribution in [3.05, 3.63) is 53.1 Å². The predicted octanol–water partition coefficient (Wildman–Crippen LogP) is 4.06. The minimum atomic E-state index is -0.248. The van der Waals surface area contributed by atoms with Crippen LogP contribution in [0.3, 0.4) is 0 Å². The van der Waals surface area contributed by atoms with Crippen molar-refractivity contribution >= 4 is 23.2 Å². The highest BCUT2D eigenvalue weighted by atomic mass is 35.5. The number of hydrogen-bond donors (Lipinski definition) is 1. The smallest absolute Gasteiger partial charge is 0.262 e. The molecule has 2 aromatic rings. The van der Waals surface area contributed by atoms with E-state index in [-0.39, 0.29) is 12.5 Å². The largest absolute Gasteiger partial charge is 0.494 e. The number of ether oxygens (including phenoxy) is 2. The molecule has 0 fully saturated rings. The minimum absolute atomic E-state index is 0.101. The van der Waals surface area contributed by atoms with Gasteiger partial charge >= 0.3 is 0 Å². The quantitative estimate of drug-likeness (QED) is 0.873. The molecule has 5 heteroatoms. The molecule has 0 unspecified atom stereocenters. The molecular formula is C17H18ClNO3. The van der Waals surface area contributed by atoms with Crippen molar-refractivity contribution in [2.75, 3.05) is 18.5 Å². The molecule has 0 aliphatic heterocycles. The van der Waals surface area contributed by atoms with Crippen molar-refractivity contribution in [2.24, 2.45) is 0 Å². The standard InChI is InChI=1S/C17H18ClNO3/c1-3-21-14-7-5-13(6-8-14)19-17(20)11-22-16-10-12(2)4-9-15(16)18/h4-10H,3,11H2,1-2H3,(H,19,20). The molecule has 0 aliphatic rings.